The lowest BCUT2D eigenvalue weighted by molar-refractivity contribution is -0.197. The van der Waals surface area contributed by atoms with Gasteiger partial charge in [-0.25, -0.2) is 4.79 Å². The van der Waals surface area contributed by atoms with Crippen molar-refractivity contribution in [1.29, 1.82) is 0 Å². The number of carbonyl (C=O) groups excluding carboxylic acids is 4. The first-order valence-corrected chi connectivity index (χ1v) is 8.81. The molecule has 6 heteroatoms. The molecule has 0 spiro atoms. The van der Waals surface area contributed by atoms with E-state index in [1.807, 2.05) is 20.8 Å². The Morgan fingerprint density at radius 2 is 1.33 bits per heavy atom. The van der Waals surface area contributed by atoms with Crippen LogP contribution in [0.1, 0.15) is 85.0 Å². The number of carbonyl (C=O) groups is 4. The number of Topliss-reactive ketones (excluding diaryl/α,β-unsaturated/α-hetero) is 1. The molecule has 2 amide bonds. The fourth-order valence-electron chi connectivity index (χ4n) is 2.44. The molecule has 0 aromatic heterocycles. The Kier molecular flexibility index (Phi) is 8.08. The first-order valence-electron chi connectivity index (χ1n) is 8.81. The lowest BCUT2D eigenvalue weighted by atomic mass is 9.88. The molecule has 0 aromatic rings. The molecule has 1 rings (SSSR count). The molecule has 0 bridgehead atoms. The standard InChI is InChI=1S/C18H29NO5/c1-18(2,3)14(20)10-8-6-4-5-7-9-11-17(23)24-19-15(21)12-13-16(19)22/h4-13H2,1-3H3. The fourth-order valence-corrected chi connectivity index (χ4v) is 2.44. The van der Waals surface area contributed by atoms with Crippen molar-refractivity contribution < 1.29 is 24.0 Å². The van der Waals surface area contributed by atoms with Gasteiger partial charge in [0.05, 0.1) is 0 Å². The average Bonchev–Trinajstić information content (AvgIpc) is 2.80. The Balaban J connectivity index is 2.00. The highest BCUT2D eigenvalue weighted by molar-refractivity contribution is 6.01. The summed E-state index contributed by atoms with van der Waals surface area (Å²) >= 11 is 0. The fraction of sp³-hybridized carbons (Fsp3) is 0.778. The number of hydrogen-bond donors (Lipinski definition) is 0. The second-order valence-corrected chi connectivity index (χ2v) is 7.34. The summed E-state index contributed by atoms with van der Waals surface area (Å²) in [7, 11) is 0. The SMILES string of the molecule is CC(C)(C)C(=O)CCCCCCCCC(=O)ON1C(=O)CCC1=O. The zero-order valence-corrected chi connectivity index (χ0v) is 15.1. The smallest absolute Gasteiger partial charge is 0.330 e. The van der Waals surface area contributed by atoms with Crippen molar-refractivity contribution in [1.82, 2.24) is 5.06 Å². The minimum atomic E-state index is -0.533. The van der Waals surface area contributed by atoms with Crippen molar-refractivity contribution in [2.45, 2.75) is 85.0 Å². The van der Waals surface area contributed by atoms with Gasteiger partial charge in [-0.2, -0.15) is 0 Å². The molecule has 0 N–H and O–H groups in total. The summed E-state index contributed by atoms with van der Waals surface area (Å²) < 4.78 is 0. The highest BCUT2D eigenvalue weighted by atomic mass is 16.7. The van der Waals surface area contributed by atoms with Crippen molar-refractivity contribution in [2.24, 2.45) is 5.41 Å². The summed E-state index contributed by atoms with van der Waals surface area (Å²) in [6.07, 6.45) is 6.61. The van der Waals surface area contributed by atoms with Crippen molar-refractivity contribution >= 4 is 23.6 Å². The van der Waals surface area contributed by atoms with Crippen LogP contribution in [0.2, 0.25) is 0 Å². The Morgan fingerprint density at radius 3 is 1.83 bits per heavy atom. The number of imide groups is 1. The molecule has 0 unspecified atom stereocenters. The molecule has 1 heterocycles. The van der Waals surface area contributed by atoms with Crippen LogP contribution >= 0.6 is 0 Å². The Labute approximate surface area is 143 Å². The van der Waals surface area contributed by atoms with Crippen LogP contribution < -0.4 is 0 Å². The molecular weight excluding hydrogens is 310 g/mol. The van der Waals surface area contributed by atoms with Crippen LogP contribution in [0.25, 0.3) is 0 Å². The quantitative estimate of drug-likeness (QED) is 0.450. The molecule has 1 aliphatic heterocycles. The molecule has 136 valence electrons. The summed E-state index contributed by atoms with van der Waals surface area (Å²) in [5.74, 6) is -1.12. The van der Waals surface area contributed by atoms with E-state index in [9.17, 15) is 19.2 Å². The maximum absolute atomic E-state index is 11.8. The Morgan fingerprint density at radius 1 is 0.875 bits per heavy atom. The van der Waals surface area contributed by atoms with E-state index in [1.165, 1.54) is 0 Å². The summed E-state index contributed by atoms with van der Waals surface area (Å²) in [6.45, 7) is 5.83. The van der Waals surface area contributed by atoms with Gasteiger partial charge in [0.15, 0.2) is 0 Å². The third-order valence-electron chi connectivity index (χ3n) is 4.07. The third kappa shape index (κ3) is 7.23. The molecule has 24 heavy (non-hydrogen) atoms. The van der Waals surface area contributed by atoms with Crippen LogP contribution in [-0.4, -0.2) is 28.6 Å². The first-order chi connectivity index (χ1) is 11.2. The summed E-state index contributed by atoms with van der Waals surface area (Å²) in [4.78, 5) is 50.8. The molecular formula is C18H29NO5. The Bertz CT molecular complexity index is 462. The van der Waals surface area contributed by atoms with Gasteiger partial charge in [-0.1, -0.05) is 46.5 Å². The normalized spacial score (nSPS) is 15.0. The number of hydrogen-bond acceptors (Lipinski definition) is 5. The predicted octanol–water partition coefficient (Wildman–Crippen LogP) is 3.33. The monoisotopic (exact) mass is 339 g/mol. The van der Waals surface area contributed by atoms with E-state index in [2.05, 4.69) is 0 Å². The molecule has 6 nitrogen and oxygen atoms in total. The second kappa shape index (κ2) is 9.55. The molecule has 0 aliphatic carbocycles. The number of rotatable bonds is 10. The summed E-state index contributed by atoms with van der Waals surface area (Å²) in [5.41, 5.74) is -0.252. The first kappa shape index (κ1) is 20.3. The van der Waals surface area contributed by atoms with E-state index < -0.39 is 17.8 Å². The molecule has 0 aromatic carbocycles. The summed E-state index contributed by atoms with van der Waals surface area (Å²) in [6, 6.07) is 0. The van der Waals surface area contributed by atoms with Gasteiger partial charge in [0.25, 0.3) is 11.8 Å². The van der Waals surface area contributed by atoms with Crippen LogP contribution in [-0.2, 0) is 24.0 Å². The van der Waals surface area contributed by atoms with Gasteiger partial charge >= 0.3 is 5.97 Å². The van der Waals surface area contributed by atoms with E-state index in [4.69, 9.17) is 4.84 Å². The molecule has 0 radical (unpaired) electrons. The second-order valence-electron chi connectivity index (χ2n) is 7.34. The van der Waals surface area contributed by atoms with Crippen LogP contribution in [0.3, 0.4) is 0 Å². The van der Waals surface area contributed by atoms with E-state index in [-0.39, 0.29) is 24.7 Å². The molecule has 1 saturated heterocycles. The average molecular weight is 339 g/mol. The van der Waals surface area contributed by atoms with Crippen molar-refractivity contribution in [3.63, 3.8) is 0 Å². The minimum absolute atomic E-state index is 0.115. The number of ketones is 1. The van der Waals surface area contributed by atoms with Gasteiger partial charge < -0.3 is 4.84 Å². The summed E-state index contributed by atoms with van der Waals surface area (Å²) in [5, 5.41) is 0.592. The van der Waals surface area contributed by atoms with Crippen LogP contribution in [0.5, 0.6) is 0 Å². The van der Waals surface area contributed by atoms with Gasteiger partial charge in [0, 0.05) is 31.1 Å². The van der Waals surface area contributed by atoms with E-state index in [0.29, 0.717) is 23.7 Å². The van der Waals surface area contributed by atoms with Gasteiger partial charge in [-0.15, -0.1) is 5.06 Å². The van der Waals surface area contributed by atoms with Gasteiger partial charge in [-0.05, 0) is 12.8 Å². The van der Waals surface area contributed by atoms with Crippen LogP contribution in [0, 0.1) is 5.41 Å². The van der Waals surface area contributed by atoms with Crippen LogP contribution in [0.15, 0.2) is 0 Å². The maximum Gasteiger partial charge on any atom is 0.333 e. The van der Waals surface area contributed by atoms with E-state index in [1.54, 1.807) is 0 Å². The molecule has 0 atom stereocenters. The van der Waals surface area contributed by atoms with Gasteiger partial charge in [-0.3, -0.25) is 14.4 Å². The van der Waals surface area contributed by atoms with Gasteiger partial charge in [0.1, 0.15) is 5.78 Å². The van der Waals surface area contributed by atoms with E-state index in [0.717, 1.165) is 32.1 Å². The topological polar surface area (TPSA) is 80.8 Å². The lowest BCUT2D eigenvalue weighted by Crippen LogP contribution is -2.31. The van der Waals surface area contributed by atoms with Crippen molar-refractivity contribution in [3.8, 4) is 0 Å². The van der Waals surface area contributed by atoms with Crippen LogP contribution in [0.4, 0.5) is 0 Å². The molecule has 1 aliphatic rings. The van der Waals surface area contributed by atoms with E-state index >= 15 is 0 Å². The van der Waals surface area contributed by atoms with Crippen molar-refractivity contribution in [2.75, 3.05) is 0 Å². The highest BCUT2D eigenvalue weighted by Crippen LogP contribution is 2.19. The third-order valence-corrected chi connectivity index (χ3v) is 4.07. The van der Waals surface area contributed by atoms with Gasteiger partial charge in [0.2, 0.25) is 0 Å². The number of amides is 2. The highest BCUT2D eigenvalue weighted by Gasteiger charge is 2.32. The number of unbranched alkanes of at least 4 members (excludes halogenated alkanes) is 5. The molecule has 0 saturated carbocycles. The number of hydroxylamine groups is 2. The maximum atomic E-state index is 11.8. The van der Waals surface area contributed by atoms with Crippen molar-refractivity contribution in [3.05, 3.63) is 0 Å². The zero-order valence-electron chi connectivity index (χ0n) is 15.1. The largest absolute Gasteiger partial charge is 0.333 e. The number of nitrogens with zero attached hydrogens (tertiary/aromatic N) is 1. The predicted molar refractivity (Wildman–Crippen MR) is 88.6 cm³/mol. The minimum Gasteiger partial charge on any atom is -0.330 e. The zero-order chi connectivity index (χ0) is 18.2. The molecule has 1 fully saturated rings. The Hall–Kier alpha value is -1.72. The lowest BCUT2D eigenvalue weighted by Gasteiger charge is -2.16.